The van der Waals surface area contributed by atoms with Gasteiger partial charge in [-0.05, 0) is 38.0 Å². The molecule has 2 atom stereocenters. The van der Waals surface area contributed by atoms with E-state index in [1.807, 2.05) is 0 Å². The largest absolute Gasteiger partial charge is 0.465 e. The van der Waals surface area contributed by atoms with Gasteiger partial charge in [-0.2, -0.15) is 0 Å². The second-order valence-corrected chi connectivity index (χ2v) is 8.55. The van der Waals surface area contributed by atoms with Crippen molar-refractivity contribution in [2.75, 3.05) is 13.2 Å². The van der Waals surface area contributed by atoms with Gasteiger partial charge in [0, 0.05) is 0 Å². The zero-order chi connectivity index (χ0) is 19.9. The molecule has 0 aliphatic heterocycles. The highest BCUT2D eigenvalue weighted by Gasteiger charge is 2.32. The van der Waals surface area contributed by atoms with Gasteiger partial charge in [0.1, 0.15) is 0 Å². The van der Waals surface area contributed by atoms with E-state index in [1.165, 1.54) is 25.7 Å². The van der Waals surface area contributed by atoms with E-state index in [-0.39, 0.29) is 23.8 Å². The maximum absolute atomic E-state index is 12.3. The molecular formula is C23H42O4. The highest BCUT2D eigenvalue weighted by atomic mass is 16.5. The van der Waals surface area contributed by atoms with Crippen LogP contribution in [0.2, 0.25) is 0 Å². The quantitative estimate of drug-likeness (QED) is 0.270. The van der Waals surface area contributed by atoms with Crippen LogP contribution in [0.3, 0.4) is 0 Å². The van der Waals surface area contributed by atoms with Gasteiger partial charge in [-0.25, -0.2) is 0 Å². The van der Waals surface area contributed by atoms with Gasteiger partial charge in [-0.3, -0.25) is 9.59 Å². The molecule has 0 aromatic carbocycles. The van der Waals surface area contributed by atoms with Gasteiger partial charge in [0.15, 0.2) is 0 Å². The summed E-state index contributed by atoms with van der Waals surface area (Å²) in [6.07, 6.45) is 13.5. The molecule has 1 aliphatic carbocycles. The highest BCUT2D eigenvalue weighted by molar-refractivity contribution is 5.76. The van der Waals surface area contributed by atoms with Gasteiger partial charge in [-0.1, -0.05) is 72.1 Å². The van der Waals surface area contributed by atoms with E-state index in [0.29, 0.717) is 19.6 Å². The summed E-state index contributed by atoms with van der Waals surface area (Å²) in [5.74, 6) is 0.305. The van der Waals surface area contributed by atoms with Crippen LogP contribution >= 0.6 is 0 Å². The summed E-state index contributed by atoms with van der Waals surface area (Å²) < 4.78 is 10.9. The summed E-state index contributed by atoms with van der Waals surface area (Å²) >= 11 is 0. The number of esters is 2. The Balaban J connectivity index is 2.13. The normalized spacial score (nSPS) is 19.9. The smallest absolute Gasteiger partial charge is 0.308 e. The van der Waals surface area contributed by atoms with Gasteiger partial charge in [0.2, 0.25) is 0 Å². The highest BCUT2D eigenvalue weighted by Crippen LogP contribution is 2.31. The van der Waals surface area contributed by atoms with E-state index >= 15 is 0 Å². The third kappa shape index (κ3) is 11.4. The summed E-state index contributed by atoms with van der Waals surface area (Å²) in [5, 5.41) is 0. The summed E-state index contributed by atoms with van der Waals surface area (Å²) in [6, 6.07) is 0. The molecule has 0 aromatic rings. The van der Waals surface area contributed by atoms with Crippen molar-refractivity contribution < 1.29 is 19.1 Å². The fraction of sp³-hybridized carbons (Fsp3) is 0.913. The molecule has 0 bridgehead atoms. The van der Waals surface area contributed by atoms with Crippen molar-refractivity contribution in [3.8, 4) is 0 Å². The van der Waals surface area contributed by atoms with Crippen LogP contribution in [-0.4, -0.2) is 25.2 Å². The Morgan fingerprint density at radius 2 is 1.33 bits per heavy atom. The van der Waals surface area contributed by atoms with Gasteiger partial charge in [0.25, 0.3) is 0 Å². The Bertz CT molecular complexity index is 405. The van der Waals surface area contributed by atoms with E-state index in [1.54, 1.807) is 0 Å². The van der Waals surface area contributed by atoms with E-state index in [4.69, 9.17) is 9.47 Å². The number of rotatable bonds is 14. The van der Waals surface area contributed by atoms with Crippen molar-refractivity contribution in [2.45, 2.75) is 104 Å². The van der Waals surface area contributed by atoms with Crippen molar-refractivity contribution in [1.29, 1.82) is 0 Å². The van der Waals surface area contributed by atoms with Crippen molar-refractivity contribution in [1.82, 2.24) is 0 Å². The van der Waals surface area contributed by atoms with E-state index in [9.17, 15) is 9.59 Å². The van der Waals surface area contributed by atoms with E-state index < -0.39 is 0 Å². The lowest BCUT2D eigenvalue weighted by atomic mass is 9.81. The van der Waals surface area contributed by atoms with Crippen LogP contribution < -0.4 is 0 Å². The predicted molar refractivity (Wildman–Crippen MR) is 109 cm³/mol. The predicted octanol–water partition coefficient (Wildman–Crippen LogP) is 6.07. The Kier molecular flexibility index (Phi) is 13.3. The van der Waals surface area contributed by atoms with Crippen LogP contribution in [0.25, 0.3) is 0 Å². The number of carbonyl (C=O) groups excluding carboxylic acids is 2. The Labute approximate surface area is 166 Å². The fourth-order valence-corrected chi connectivity index (χ4v) is 3.74. The maximum atomic E-state index is 12.3. The number of ether oxygens (including phenoxy) is 2. The van der Waals surface area contributed by atoms with Gasteiger partial charge in [-0.15, -0.1) is 0 Å². The minimum atomic E-state index is -0.127. The molecule has 0 heterocycles. The first-order valence-electron chi connectivity index (χ1n) is 11.4. The minimum Gasteiger partial charge on any atom is -0.465 e. The number of carbonyl (C=O) groups is 2. The first-order valence-corrected chi connectivity index (χ1v) is 11.4. The molecule has 27 heavy (non-hydrogen) atoms. The molecule has 0 N–H and O–H groups in total. The standard InChI is InChI=1S/C23H42O4/c1-4-5-10-16-26-22(24)20-14-12-15-21(18-20)23(25)27-17-11-8-6-7-9-13-19(2)3/h19-21H,4-18H2,1-3H3. The molecule has 0 spiro atoms. The summed E-state index contributed by atoms with van der Waals surface area (Å²) in [6.45, 7) is 7.69. The molecular weight excluding hydrogens is 340 g/mol. The summed E-state index contributed by atoms with van der Waals surface area (Å²) in [5.41, 5.74) is 0. The Morgan fingerprint density at radius 1 is 0.815 bits per heavy atom. The third-order valence-corrected chi connectivity index (χ3v) is 5.50. The number of hydrogen-bond donors (Lipinski definition) is 0. The number of unbranched alkanes of at least 4 members (excludes halogenated alkanes) is 6. The van der Waals surface area contributed by atoms with Crippen LogP contribution in [0.4, 0.5) is 0 Å². The first kappa shape index (κ1) is 24.0. The molecule has 0 amide bonds. The lowest BCUT2D eigenvalue weighted by Gasteiger charge is -2.26. The molecule has 158 valence electrons. The van der Waals surface area contributed by atoms with E-state index in [0.717, 1.165) is 57.3 Å². The minimum absolute atomic E-state index is 0.113. The van der Waals surface area contributed by atoms with Crippen LogP contribution in [0.5, 0.6) is 0 Å². The maximum Gasteiger partial charge on any atom is 0.308 e. The molecule has 4 nitrogen and oxygen atoms in total. The monoisotopic (exact) mass is 382 g/mol. The first-order chi connectivity index (χ1) is 13.0. The second kappa shape index (κ2) is 14.9. The molecule has 2 unspecified atom stereocenters. The topological polar surface area (TPSA) is 52.6 Å². The Hall–Kier alpha value is -1.06. The molecule has 0 saturated heterocycles. The zero-order valence-electron chi connectivity index (χ0n) is 18.0. The SMILES string of the molecule is CCCCCOC(=O)C1CCCC(C(=O)OCCCCCCCC(C)C)C1. The van der Waals surface area contributed by atoms with Gasteiger partial charge < -0.3 is 9.47 Å². The molecule has 0 aromatic heterocycles. The summed E-state index contributed by atoms with van der Waals surface area (Å²) in [7, 11) is 0. The van der Waals surface area contributed by atoms with Crippen LogP contribution in [0.15, 0.2) is 0 Å². The van der Waals surface area contributed by atoms with Gasteiger partial charge in [0.05, 0.1) is 25.0 Å². The average molecular weight is 383 g/mol. The van der Waals surface area contributed by atoms with Crippen molar-refractivity contribution in [2.24, 2.45) is 17.8 Å². The van der Waals surface area contributed by atoms with Crippen molar-refractivity contribution >= 4 is 11.9 Å². The fourth-order valence-electron chi connectivity index (χ4n) is 3.74. The lowest BCUT2D eigenvalue weighted by molar-refractivity contribution is -0.155. The van der Waals surface area contributed by atoms with Gasteiger partial charge >= 0.3 is 11.9 Å². The third-order valence-electron chi connectivity index (χ3n) is 5.50. The van der Waals surface area contributed by atoms with Crippen LogP contribution in [-0.2, 0) is 19.1 Å². The molecule has 1 rings (SSSR count). The molecule has 4 heteroatoms. The lowest BCUT2D eigenvalue weighted by Crippen LogP contribution is -2.30. The summed E-state index contributed by atoms with van der Waals surface area (Å²) in [4.78, 5) is 24.5. The molecule has 1 aliphatic rings. The molecule has 1 fully saturated rings. The Morgan fingerprint density at radius 3 is 1.89 bits per heavy atom. The van der Waals surface area contributed by atoms with Crippen LogP contribution in [0, 0.1) is 17.8 Å². The van der Waals surface area contributed by atoms with E-state index in [2.05, 4.69) is 20.8 Å². The number of hydrogen-bond acceptors (Lipinski definition) is 4. The average Bonchev–Trinajstić information content (AvgIpc) is 2.66. The zero-order valence-corrected chi connectivity index (χ0v) is 18.0. The molecule has 0 radical (unpaired) electrons. The van der Waals surface area contributed by atoms with Crippen LogP contribution in [0.1, 0.15) is 104 Å². The van der Waals surface area contributed by atoms with Crippen molar-refractivity contribution in [3.63, 3.8) is 0 Å². The second-order valence-electron chi connectivity index (χ2n) is 8.55. The molecule has 1 saturated carbocycles. The van der Waals surface area contributed by atoms with Crippen molar-refractivity contribution in [3.05, 3.63) is 0 Å².